The highest BCUT2D eigenvalue weighted by Crippen LogP contribution is 2.57. The zero-order chi connectivity index (χ0) is 20.7. The Morgan fingerprint density at radius 1 is 1.03 bits per heavy atom. The van der Waals surface area contributed by atoms with Gasteiger partial charge in [0.25, 0.3) is 0 Å². The van der Waals surface area contributed by atoms with Crippen molar-refractivity contribution in [2.75, 3.05) is 7.11 Å². The molecule has 1 saturated heterocycles. The number of fused-ring (bicyclic) bond motifs is 3. The number of allylic oxidation sites excluding steroid dienone is 1. The van der Waals surface area contributed by atoms with Crippen LogP contribution in [0.4, 0.5) is 0 Å². The summed E-state index contributed by atoms with van der Waals surface area (Å²) in [7, 11) is 1.84. The third-order valence-electron chi connectivity index (χ3n) is 7.13. The molecule has 4 unspecified atom stereocenters. The molecule has 3 aliphatic rings. The lowest BCUT2D eigenvalue weighted by molar-refractivity contribution is 0.0542. The van der Waals surface area contributed by atoms with E-state index in [1.54, 1.807) is 0 Å². The molecule has 0 radical (unpaired) electrons. The summed E-state index contributed by atoms with van der Waals surface area (Å²) in [4.78, 5) is 5.15. The van der Waals surface area contributed by atoms with Gasteiger partial charge in [0, 0.05) is 42.3 Å². The van der Waals surface area contributed by atoms with Crippen LogP contribution < -0.4 is 0 Å². The maximum absolute atomic E-state index is 6.14. The lowest BCUT2D eigenvalue weighted by Crippen LogP contribution is -2.45. The smallest absolute Gasteiger partial charge is 0.111 e. The fourth-order valence-electron chi connectivity index (χ4n) is 5.59. The molecule has 0 bridgehead atoms. The lowest BCUT2D eigenvalue weighted by atomic mass is 9.73. The van der Waals surface area contributed by atoms with E-state index in [1.165, 1.54) is 16.8 Å². The molecule has 2 aromatic rings. The largest absolute Gasteiger partial charge is 0.381 e. The van der Waals surface area contributed by atoms with Gasteiger partial charge >= 0.3 is 0 Å². The molecule has 3 nitrogen and oxygen atoms in total. The van der Waals surface area contributed by atoms with Gasteiger partial charge in [0.2, 0.25) is 0 Å². The van der Waals surface area contributed by atoms with E-state index >= 15 is 0 Å². The molecule has 0 amide bonds. The normalized spacial score (nSPS) is 29.7. The van der Waals surface area contributed by atoms with E-state index in [2.05, 4.69) is 77.5 Å². The Morgan fingerprint density at radius 2 is 1.77 bits per heavy atom. The van der Waals surface area contributed by atoms with E-state index in [0.717, 1.165) is 31.0 Å². The predicted molar refractivity (Wildman–Crippen MR) is 122 cm³/mol. The van der Waals surface area contributed by atoms with Crippen LogP contribution in [-0.2, 0) is 17.8 Å². The van der Waals surface area contributed by atoms with Gasteiger partial charge in [-0.1, -0.05) is 73.1 Å². The van der Waals surface area contributed by atoms with Crippen molar-refractivity contribution in [3.05, 3.63) is 94.8 Å². The Balaban J connectivity index is 1.50. The van der Waals surface area contributed by atoms with Crippen molar-refractivity contribution in [3.63, 3.8) is 0 Å². The fraction of sp³-hybridized carbons (Fsp3) is 0.385. The zero-order valence-electron chi connectivity index (χ0n) is 17.7. The maximum Gasteiger partial charge on any atom is 0.111 e. The summed E-state index contributed by atoms with van der Waals surface area (Å²) >= 11 is 6.14. The number of halogens is 1. The molecule has 156 valence electrons. The van der Waals surface area contributed by atoms with Crippen molar-refractivity contribution in [1.82, 2.24) is 9.80 Å². The number of rotatable bonds is 5. The summed E-state index contributed by atoms with van der Waals surface area (Å²) < 4.78 is 5.77. The minimum absolute atomic E-state index is 0.0736. The molecule has 0 spiro atoms. The molecule has 2 aromatic carbocycles. The minimum Gasteiger partial charge on any atom is -0.381 e. The molecule has 5 rings (SSSR count). The van der Waals surface area contributed by atoms with Crippen LogP contribution in [0, 0.1) is 11.3 Å². The van der Waals surface area contributed by atoms with Crippen molar-refractivity contribution >= 4 is 11.6 Å². The molecule has 30 heavy (non-hydrogen) atoms. The topological polar surface area (TPSA) is 15.7 Å². The van der Waals surface area contributed by atoms with E-state index in [1.807, 2.05) is 19.2 Å². The van der Waals surface area contributed by atoms with Gasteiger partial charge in [-0.2, -0.15) is 0 Å². The zero-order valence-corrected chi connectivity index (χ0v) is 18.4. The number of hydrogen-bond acceptors (Lipinski definition) is 3. The van der Waals surface area contributed by atoms with Gasteiger partial charge in [-0.05, 0) is 42.3 Å². The van der Waals surface area contributed by atoms with Crippen LogP contribution >= 0.6 is 11.6 Å². The average molecular weight is 421 g/mol. The summed E-state index contributed by atoms with van der Waals surface area (Å²) in [6, 6.07) is 19.1. The summed E-state index contributed by atoms with van der Waals surface area (Å²) in [5, 5.41) is 0.788. The summed E-state index contributed by atoms with van der Waals surface area (Å²) in [5.74, 6) is 0.477. The van der Waals surface area contributed by atoms with Crippen LogP contribution in [0.3, 0.4) is 0 Å². The van der Waals surface area contributed by atoms with Crippen molar-refractivity contribution in [3.8, 4) is 0 Å². The standard InChI is InChI=1S/C26H29ClN2O/c1-26-14-15-28(17-19-6-4-3-5-7-19)25(26)29(18-20-8-10-21(27)11-9-20)24-13-12-22(30-2)16-23(24)26/h3-11,13-15,22-23,25H,12,16-18H2,1-2H3. The monoisotopic (exact) mass is 420 g/mol. The quantitative estimate of drug-likeness (QED) is 0.605. The molecule has 4 atom stereocenters. The van der Waals surface area contributed by atoms with Crippen LogP contribution in [-0.4, -0.2) is 29.2 Å². The Bertz CT molecular complexity index is 955. The molecular formula is C26H29ClN2O. The van der Waals surface area contributed by atoms with Crippen molar-refractivity contribution in [2.45, 2.75) is 45.1 Å². The number of methoxy groups -OCH3 is 1. The predicted octanol–water partition coefficient (Wildman–Crippen LogP) is 5.83. The molecule has 1 fully saturated rings. The third-order valence-corrected chi connectivity index (χ3v) is 7.38. The van der Waals surface area contributed by atoms with Crippen molar-refractivity contribution in [2.24, 2.45) is 11.3 Å². The summed E-state index contributed by atoms with van der Waals surface area (Å²) in [6.45, 7) is 4.24. The molecule has 1 aliphatic carbocycles. The molecule has 2 heterocycles. The molecule has 2 aliphatic heterocycles. The lowest BCUT2D eigenvalue weighted by Gasteiger charge is -2.38. The third kappa shape index (κ3) is 3.34. The molecular weight excluding hydrogens is 392 g/mol. The highest BCUT2D eigenvalue weighted by atomic mass is 35.5. The molecule has 4 heteroatoms. The second-order valence-electron chi connectivity index (χ2n) is 8.98. The van der Waals surface area contributed by atoms with E-state index in [0.29, 0.717) is 18.2 Å². The van der Waals surface area contributed by atoms with E-state index in [-0.39, 0.29) is 5.41 Å². The molecule has 0 N–H and O–H groups in total. The van der Waals surface area contributed by atoms with Gasteiger partial charge in [0.15, 0.2) is 0 Å². The Kier molecular flexibility index (Phi) is 5.12. The number of benzene rings is 2. The number of hydrogen-bond donors (Lipinski definition) is 0. The van der Waals surface area contributed by atoms with Gasteiger partial charge in [0.05, 0.1) is 6.10 Å². The molecule has 0 aromatic heterocycles. The van der Waals surface area contributed by atoms with Crippen LogP contribution in [0.25, 0.3) is 0 Å². The first-order chi connectivity index (χ1) is 14.6. The molecule has 0 saturated carbocycles. The fourth-order valence-corrected chi connectivity index (χ4v) is 5.71. The second kappa shape index (κ2) is 7.79. The summed E-state index contributed by atoms with van der Waals surface area (Å²) in [6.07, 6.45) is 9.87. The first-order valence-electron chi connectivity index (χ1n) is 10.8. The van der Waals surface area contributed by atoms with Gasteiger partial charge in [0.1, 0.15) is 6.17 Å². The Hall–Kier alpha value is -2.23. The number of nitrogens with zero attached hydrogens (tertiary/aromatic N) is 2. The number of ether oxygens (including phenoxy) is 1. The van der Waals surface area contributed by atoms with Gasteiger partial charge in [-0.3, -0.25) is 0 Å². The maximum atomic E-state index is 6.14. The van der Waals surface area contributed by atoms with Crippen LogP contribution in [0.15, 0.2) is 78.6 Å². The van der Waals surface area contributed by atoms with Crippen LogP contribution in [0.1, 0.15) is 30.9 Å². The van der Waals surface area contributed by atoms with E-state index in [4.69, 9.17) is 16.3 Å². The van der Waals surface area contributed by atoms with Crippen LogP contribution in [0.5, 0.6) is 0 Å². The first kappa shape index (κ1) is 19.7. The van der Waals surface area contributed by atoms with Crippen LogP contribution in [0.2, 0.25) is 5.02 Å². The van der Waals surface area contributed by atoms with Gasteiger partial charge in [-0.15, -0.1) is 0 Å². The van der Waals surface area contributed by atoms with Crippen molar-refractivity contribution in [1.29, 1.82) is 0 Å². The summed E-state index contributed by atoms with van der Waals surface area (Å²) in [5.41, 5.74) is 4.19. The van der Waals surface area contributed by atoms with E-state index in [9.17, 15) is 0 Å². The SMILES string of the molecule is COC1CC=C2C(C1)C1(C)C=CN(Cc3ccccc3)C1N2Cc1ccc(Cl)cc1. The Morgan fingerprint density at radius 3 is 2.50 bits per heavy atom. The first-order valence-corrected chi connectivity index (χ1v) is 11.2. The van der Waals surface area contributed by atoms with Crippen molar-refractivity contribution < 1.29 is 4.74 Å². The highest BCUT2D eigenvalue weighted by molar-refractivity contribution is 6.30. The number of likely N-dealkylation sites (tertiary alicyclic amines) is 1. The average Bonchev–Trinajstić information content (AvgIpc) is 3.22. The van der Waals surface area contributed by atoms with Gasteiger partial charge < -0.3 is 14.5 Å². The Labute approximate surface area is 184 Å². The highest BCUT2D eigenvalue weighted by Gasteiger charge is 2.57. The van der Waals surface area contributed by atoms with Gasteiger partial charge in [-0.25, -0.2) is 0 Å². The second-order valence-corrected chi connectivity index (χ2v) is 9.41. The minimum atomic E-state index is 0.0736. The van der Waals surface area contributed by atoms with E-state index < -0.39 is 0 Å².